The Balaban J connectivity index is 2.24. The molecule has 1 atom stereocenters. The van der Waals surface area contributed by atoms with Crippen LogP contribution >= 0.6 is 0 Å². The molecule has 16 heavy (non-hydrogen) atoms. The van der Waals surface area contributed by atoms with Gasteiger partial charge in [-0.25, -0.2) is 0 Å². The molecule has 0 bridgehead atoms. The lowest BCUT2D eigenvalue weighted by Crippen LogP contribution is -2.23. The molecular weight excluding hydrogens is 200 g/mol. The molecule has 0 fully saturated rings. The van der Waals surface area contributed by atoms with E-state index in [0.29, 0.717) is 12.0 Å². The van der Waals surface area contributed by atoms with Gasteiger partial charge in [-0.1, -0.05) is 17.3 Å². The van der Waals surface area contributed by atoms with Gasteiger partial charge in [0.15, 0.2) is 0 Å². The maximum Gasteiger partial charge on any atom is 0.140 e. The molecule has 1 aromatic rings. The van der Waals surface area contributed by atoms with Crippen molar-refractivity contribution in [3.05, 3.63) is 42.3 Å². The van der Waals surface area contributed by atoms with Crippen molar-refractivity contribution in [3.8, 4) is 6.07 Å². The second-order valence-electron chi connectivity index (χ2n) is 4.20. The first-order valence-corrected chi connectivity index (χ1v) is 5.22. The van der Waals surface area contributed by atoms with Crippen LogP contribution in [-0.4, -0.2) is 11.3 Å². The lowest BCUT2D eigenvalue weighted by Gasteiger charge is -2.18. The van der Waals surface area contributed by atoms with Crippen molar-refractivity contribution in [2.45, 2.75) is 25.4 Å². The molecular formula is C13H13N2O. The molecule has 3 nitrogen and oxygen atoms in total. The Hall–Kier alpha value is -1.82. The van der Waals surface area contributed by atoms with Gasteiger partial charge in [0, 0.05) is 12.0 Å². The summed E-state index contributed by atoms with van der Waals surface area (Å²) in [6, 6.07) is 9.53. The highest BCUT2D eigenvalue weighted by atomic mass is 16.7. The Morgan fingerprint density at radius 3 is 3.06 bits per heavy atom. The Morgan fingerprint density at radius 2 is 2.44 bits per heavy atom. The summed E-state index contributed by atoms with van der Waals surface area (Å²) in [5.41, 5.74) is 2.20. The Bertz CT molecular complexity index is 473. The Kier molecular flexibility index (Phi) is 2.66. The van der Waals surface area contributed by atoms with E-state index in [2.05, 4.69) is 18.1 Å². The molecule has 1 unspecified atom stereocenters. The van der Waals surface area contributed by atoms with Crippen LogP contribution in [0.15, 0.2) is 29.4 Å². The van der Waals surface area contributed by atoms with Crippen molar-refractivity contribution in [1.29, 1.82) is 5.26 Å². The zero-order valence-corrected chi connectivity index (χ0v) is 9.23. The molecule has 0 amide bonds. The van der Waals surface area contributed by atoms with Crippen molar-refractivity contribution in [2.75, 3.05) is 0 Å². The maximum absolute atomic E-state index is 8.82. The van der Waals surface area contributed by atoms with E-state index in [1.54, 1.807) is 6.07 Å². The number of benzene rings is 1. The average molecular weight is 213 g/mol. The summed E-state index contributed by atoms with van der Waals surface area (Å²) < 4.78 is 0. The molecule has 0 N–H and O–H groups in total. The minimum atomic E-state index is -0.294. The van der Waals surface area contributed by atoms with Crippen LogP contribution in [-0.2, 0) is 4.84 Å². The van der Waals surface area contributed by atoms with Crippen LogP contribution < -0.4 is 0 Å². The normalized spacial score (nSPS) is 23.4. The second-order valence-corrected chi connectivity index (χ2v) is 4.20. The Labute approximate surface area is 95.3 Å². The molecule has 0 saturated carbocycles. The summed E-state index contributed by atoms with van der Waals surface area (Å²) in [4.78, 5) is 5.37. The summed E-state index contributed by atoms with van der Waals surface area (Å²) in [5, 5.41) is 12.9. The summed E-state index contributed by atoms with van der Waals surface area (Å²) >= 11 is 0. The van der Waals surface area contributed by atoms with Crippen molar-refractivity contribution in [2.24, 2.45) is 5.16 Å². The third-order valence-electron chi connectivity index (χ3n) is 2.77. The molecule has 0 aliphatic carbocycles. The van der Waals surface area contributed by atoms with E-state index in [9.17, 15) is 0 Å². The molecule has 3 heteroatoms. The highest BCUT2D eigenvalue weighted by molar-refractivity contribution is 6.01. The van der Waals surface area contributed by atoms with E-state index in [4.69, 9.17) is 10.1 Å². The maximum atomic E-state index is 8.82. The molecule has 0 spiro atoms. The zero-order valence-electron chi connectivity index (χ0n) is 9.23. The van der Waals surface area contributed by atoms with Crippen molar-refractivity contribution in [3.63, 3.8) is 0 Å². The van der Waals surface area contributed by atoms with Gasteiger partial charge in [-0.05, 0) is 32.4 Å². The van der Waals surface area contributed by atoms with E-state index in [0.717, 1.165) is 17.7 Å². The van der Waals surface area contributed by atoms with Crippen LogP contribution in [0.1, 0.15) is 30.9 Å². The van der Waals surface area contributed by atoms with Gasteiger partial charge in [0.1, 0.15) is 5.60 Å². The highest BCUT2D eigenvalue weighted by Crippen LogP contribution is 2.29. The number of hydrogen-bond acceptors (Lipinski definition) is 3. The van der Waals surface area contributed by atoms with Gasteiger partial charge >= 0.3 is 0 Å². The van der Waals surface area contributed by atoms with Crippen LogP contribution in [0.4, 0.5) is 0 Å². The number of nitriles is 1. The first-order valence-electron chi connectivity index (χ1n) is 5.22. The van der Waals surface area contributed by atoms with Crippen LogP contribution in [0.5, 0.6) is 0 Å². The molecule has 1 aliphatic heterocycles. The van der Waals surface area contributed by atoms with Gasteiger partial charge in [0.2, 0.25) is 0 Å². The predicted molar refractivity (Wildman–Crippen MR) is 61.8 cm³/mol. The van der Waals surface area contributed by atoms with Gasteiger partial charge in [-0.3, -0.25) is 0 Å². The van der Waals surface area contributed by atoms with E-state index in [1.165, 1.54) is 0 Å². The summed E-state index contributed by atoms with van der Waals surface area (Å²) in [6.07, 6.45) is 1.42. The van der Waals surface area contributed by atoms with Gasteiger partial charge < -0.3 is 4.84 Å². The monoisotopic (exact) mass is 213 g/mol. The molecule has 2 rings (SSSR count). The highest BCUT2D eigenvalue weighted by Gasteiger charge is 2.32. The molecule has 81 valence electrons. The molecule has 1 heterocycles. The third kappa shape index (κ3) is 1.92. The quantitative estimate of drug-likeness (QED) is 0.758. The third-order valence-corrected chi connectivity index (χ3v) is 2.77. The van der Waals surface area contributed by atoms with Crippen LogP contribution in [0, 0.1) is 18.3 Å². The fourth-order valence-corrected chi connectivity index (χ4v) is 1.64. The second kappa shape index (κ2) is 3.97. The largest absolute Gasteiger partial charge is 0.389 e. The van der Waals surface area contributed by atoms with Crippen LogP contribution in [0.3, 0.4) is 0 Å². The number of nitrogens with zero attached hydrogens (tertiary/aromatic N) is 2. The first kappa shape index (κ1) is 10.7. The van der Waals surface area contributed by atoms with E-state index < -0.39 is 0 Å². The van der Waals surface area contributed by atoms with Gasteiger partial charge in [0.05, 0.1) is 17.3 Å². The molecule has 1 aromatic carbocycles. The van der Waals surface area contributed by atoms with Crippen molar-refractivity contribution < 1.29 is 4.84 Å². The Morgan fingerprint density at radius 1 is 1.62 bits per heavy atom. The SMILES string of the molecule is [CH2]CC1(C)CC(c2cccc(C#N)c2)=NO1. The minimum Gasteiger partial charge on any atom is -0.389 e. The topological polar surface area (TPSA) is 45.4 Å². The lowest BCUT2D eigenvalue weighted by molar-refractivity contribution is -0.00128. The minimum absolute atomic E-state index is 0.294. The number of oxime groups is 1. The lowest BCUT2D eigenvalue weighted by atomic mass is 9.93. The summed E-state index contributed by atoms with van der Waals surface area (Å²) in [7, 11) is 0. The van der Waals surface area contributed by atoms with E-state index >= 15 is 0 Å². The first-order chi connectivity index (χ1) is 7.67. The zero-order chi connectivity index (χ0) is 11.6. The van der Waals surface area contributed by atoms with Gasteiger partial charge in [0.25, 0.3) is 0 Å². The standard InChI is InChI=1S/C13H13N2O/c1-3-13(2)8-12(15-16-13)11-6-4-5-10(7-11)9-14/h4-7H,1,3,8H2,2H3. The molecule has 0 aromatic heterocycles. The summed E-state index contributed by atoms with van der Waals surface area (Å²) in [6.45, 7) is 5.84. The average Bonchev–Trinajstić information content (AvgIpc) is 2.73. The number of rotatable bonds is 2. The van der Waals surface area contributed by atoms with Gasteiger partial charge in [-0.15, -0.1) is 0 Å². The summed E-state index contributed by atoms with van der Waals surface area (Å²) in [5.74, 6) is 0. The van der Waals surface area contributed by atoms with Crippen molar-refractivity contribution in [1.82, 2.24) is 0 Å². The van der Waals surface area contributed by atoms with E-state index in [-0.39, 0.29) is 5.60 Å². The molecule has 1 radical (unpaired) electrons. The van der Waals surface area contributed by atoms with Gasteiger partial charge in [-0.2, -0.15) is 5.26 Å². The van der Waals surface area contributed by atoms with Crippen molar-refractivity contribution >= 4 is 5.71 Å². The van der Waals surface area contributed by atoms with Crippen LogP contribution in [0.25, 0.3) is 0 Å². The number of hydrogen-bond donors (Lipinski definition) is 0. The smallest absolute Gasteiger partial charge is 0.140 e. The fraction of sp³-hybridized carbons (Fsp3) is 0.308. The predicted octanol–water partition coefficient (Wildman–Crippen LogP) is 2.67. The molecule has 0 saturated heterocycles. The fourth-order valence-electron chi connectivity index (χ4n) is 1.64. The molecule has 1 aliphatic rings. The van der Waals surface area contributed by atoms with Crippen LogP contribution in [0.2, 0.25) is 0 Å². The van der Waals surface area contributed by atoms with E-state index in [1.807, 2.05) is 25.1 Å².